The van der Waals surface area contributed by atoms with Gasteiger partial charge in [-0.1, -0.05) is 36.4 Å². The van der Waals surface area contributed by atoms with Crippen LogP contribution >= 0.6 is 0 Å². The molecule has 1 aliphatic rings. The van der Waals surface area contributed by atoms with Gasteiger partial charge in [0.05, 0.1) is 0 Å². The molecule has 2 nitrogen and oxygen atoms in total. The Morgan fingerprint density at radius 1 is 1.05 bits per heavy atom. The summed E-state index contributed by atoms with van der Waals surface area (Å²) in [6.07, 6.45) is 3.04. The molecule has 20 heavy (non-hydrogen) atoms. The minimum atomic E-state index is -0.461. The third kappa shape index (κ3) is 2.60. The first-order valence-corrected chi connectivity index (χ1v) is 7.12. The maximum Gasteiger partial charge on any atom is 0.202 e. The molecule has 102 valence electrons. The highest BCUT2D eigenvalue weighted by Gasteiger charge is 2.18. The molecule has 2 aromatic carbocycles. The molecule has 0 aliphatic heterocycles. The first-order chi connectivity index (χ1) is 9.74. The van der Waals surface area contributed by atoms with Crippen molar-refractivity contribution < 1.29 is 9.53 Å². The quantitative estimate of drug-likeness (QED) is 0.786. The molecule has 1 aliphatic carbocycles. The van der Waals surface area contributed by atoms with Crippen LogP contribution in [0.25, 0.3) is 0 Å². The molecule has 0 amide bonds. The molecule has 0 N–H and O–H groups in total. The fourth-order valence-corrected chi connectivity index (χ4v) is 2.72. The number of carbonyl (C=O) groups excluding carboxylic acids is 1. The largest absolute Gasteiger partial charge is 0.483 e. The molecule has 0 radical (unpaired) electrons. The number of hydrogen-bond donors (Lipinski definition) is 0. The monoisotopic (exact) mass is 266 g/mol. The van der Waals surface area contributed by atoms with Crippen LogP contribution in [0.1, 0.15) is 34.8 Å². The van der Waals surface area contributed by atoms with E-state index in [9.17, 15) is 4.79 Å². The zero-order valence-corrected chi connectivity index (χ0v) is 11.6. The number of fused-ring (bicyclic) bond motifs is 1. The Labute approximate surface area is 119 Å². The van der Waals surface area contributed by atoms with Crippen molar-refractivity contribution in [1.29, 1.82) is 0 Å². The smallest absolute Gasteiger partial charge is 0.202 e. The van der Waals surface area contributed by atoms with Gasteiger partial charge in [0.15, 0.2) is 6.10 Å². The Hall–Kier alpha value is -2.09. The molecule has 0 spiro atoms. The summed E-state index contributed by atoms with van der Waals surface area (Å²) in [6.45, 7) is 1.81. The number of Topliss-reactive ketones (excluding diaryl/α,β-unsaturated/α-hetero) is 1. The second-order valence-corrected chi connectivity index (χ2v) is 5.27. The standard InChI is InChI=1S/C18H18O2/c1-13(18(19)15-6-3-2-4-7-15)20-17-11-10-14-8-5-9-16(14)12-17/h2-4,6-7,10-13H,5,8-9H2,1H3. The van der Waals surface area contributed by atoms with Gasteiger partial charge in [-0.3, -0.25) is 4.79 Å². The van der Waals surface area contributed by atoms with Crippen molar-refractivity contribution >= 4 is 5.78 Å². The zero-order chi connectivity index (χ0) is 13.9. The SMILES string of the molecule is CC(Oc1ccc2c(c1)CCC2)C(=O)c1ccccc1. The third-order valence-electron chi connectivity index (χ3n) is 3.81. The van der Waals surface area contributed by atoms with E-state index in [2.05, 4.69) is 12.1 Å². The molecule has 2 heteroatoms. The van der Waals surface area contributed by atoms with Gasteiger partial charge in [-0.05, 0) is 49.4 Å². The normalized spacial score (nSPS) is 14.7. The van der Waals surface area contributed by atoms with Crippen molar-refractivity contribution in [3.8, 4) is 5.75 Å². The van der Waals surface area contributed by atoms with Gasteiger partial charge in [0.25, 0.3) is 0 Å². The van der Waals surface area contributed by atoms with Crippen LogP contribution in [0.4, 0.5) is 0 Å². The highest BCUT2D eigenvalue weighted by molar-refractivity contribution is 5.99. The van der Waals surface area contributed by atoms with E-state index in [-0.39, 0.29) is 5.78 Å². The van der Waals surface area contributed by atoms with Gasteiger partial charge in [-0.15, -0.1) is 0 Å². The van der Waals surface area contributed by atoms with Crippen molar-refractivity contribution in [3.05, 3.63) is 65.2 Å². The fourth-order valence-electron chi connectivity index (χ4n) is 2.72. The second-order valence-electron chi connectivity index (χ2n) is 5.27. The van der Waals surface area contributed by atoms with E-state index in [0.29, 0.717) is 5.56 Å². The van der Waals surface area contributed by atoms with Crippen LogP contribution in [-0.2, 0) is 12.8 Å². The predicted octanol–water partition coefficient (Wildman–Crippen LogP) is 3.83. The zero-order valence-electron chi connectivity index (χ0n) is 11.6. The lowest BCUT2D eigenvalue weighted by atomic mass is 10.1. The summed E-state index contributed by atoms with van der Waals surface area (Å²) in [7, 11) is 0. The Bertz CT molecular complexity index is 617. The van der Waals surface area contributed by atoms with Crippen molar-refractivity contribution in [2.45, 2.75) is 32.3 Å². The minimum Gasteiger partial charge on any atom is -0.483 e. The average molecular weight is 266 g/mol. The van der Waals surface area contributed by atoms with Crippen molar-refractivity contribution in [2.24, 2.45) is 0 Å². The molecule has 2 aromatic rings. The van der Waals surface area contributed by atoms with Gasteiger partial charge in [-0.2, -0.15) is 0 Å². The van der Waals surface area contributed by atoms with Crippen molar-refractivity contribution in [1.82, 2.24) is 0 Å². The fraction of sp³-hybridized carbons (Fsp3) is 0.278. The van der Waals surface area contributed by atoms with Crippen LogP contribution in [-0.4, -0.2) is 11.9 Å². The molecule has 0 saturated heterocycles. The molecular formula is C18H18O2. The Kier molecular flexibility index (Phi) is 3.55. The summed E-state index contributed by atoms with van der Waals surface area (Å²) in [5.41, 5.74) is 3.47. The van der Waals surface area contributed by atoms with E-state index in [0.717, 1.165) is 18.6 Å². The molecule has 0 aromatic heterocycles. The van der Waals surface area contributed by atoms with Crippen molar-refractivity contribution in [2.75, 3.05) is 0 Å². The second kappa shape index (κ2) is 5.49. The number of hydrogen-bond acceptors (Lipinski definition) is 2. The lowest BCUT2D eigenvalue weighted by molar-refractivity contribution is 0.0818. The first kappa shape index (κ1) is 12.9. The topological polar surface area (TPSA) is 26.3 Å². The van der Waals surface area contributed by atoms with E-state index < -0.39 is 6.10 Å². The van der Waals surface area contributed by atoms with E-state index in [1.807, 2.05) is 43.3 Å². The average Bonchev–Trinajstić information content (AvgIpc) is 2.95. The van der Waals surface area contributed by atoms with Gasteiger partial charge in [-0.25, -0.2) is 0 Å². The first-order valence-electron chi connectivity index (χ1n) is 7.12. The van der Waals surface area contributed by atoms with Crippen molar-refractivity contribution in [3.63, 3.8) is 0 Å². The van der Waals surface area contributed by atoms with Gasteiger partial charge in [0.2, 0.25) is 5.78 Å². The molecular weight excluding hydrogens is 248 g/mol. The predicted molar refractivity (Wildman–Crippen MR) is 79.3 cm³/mol. The third-order valence-corrected chi connectivity index (χ3v) is 3.81. The van der Waals surface area contributed by atoms with Crippen LogP contribution in [0, 0.1) is 0 Å². The Balaban J connectivity index is 1.73. The highest BCUT2D eigenvalue weighted by atomic mass is 16.5. The maximum absolute atomic E-state index is 12.3. The maximum atomic E-state index is 12.3. The Morgan fingerprint density at radius 2 is 1.80 bits per heavy atom. The summed E-state index contributed by atoms with van der Waals surface area (Å²) in [4.78, 5) is 12.3. The van der Waals surface area contributed by atoms with Gasteiger partial charge in [0, 0.05) is 5.56 Å². The molecule has 1 atom stereocenters. The Morgan fingerprint density at radius 3 is 2.60 bits per heavy atom. The number of carbonyl (C=O) groups is 1. The summed E-state index contributed by atoms with van der Waals surface area (Å²) < 4.78 is 5.81. The van der Waals surface area contributed by atoms with Gasteiger partial charge < -0.3 is 4.74 Å². The number of benzene rings is 2. The van der Waals surface area contributed by atoms with Gasteiger partial charge >= 0.3 is 0 Å². The van der Waals surface area contributed by atoms with Crippen LogP contribution < -0.4 is 4.74 Å². The molecule has 3 rings (SSSR count). The summed E-state index contributed by atoms with van der Waals surface area (Å²) in [5, 5.41) is 0. The summed E-state index contributed by atoms with van der Waals surface area (Å²) in [5.74, 6) is 0.813. The molecule has 0 saturated carbocycles. The van der Waals surface area contributed by atoms with E-state index in [4.69, 9.17) is 4.74 Å². The molecule has 0 heterocycles. The lowest BCUT2D eigenvalue weighted by Crippen LogP contribution is -2.23. The van der Waals surface area contributed by atoms with Gasteiger partial charge in [0.1, 0.15) is 5.75 Å². The number of rotatable bonds is 4. The van der Waals surface area contributed by atoms with Crippen LogP contribution in [0.5, 0.6) is 5.75 Å². The number of ketones is 1. The van der Waals surface area contributed by atoms with Crippen LogP contribution in [0.2, 0.25) is 0 Å². The number of aryl methyl sites for hydroxylation is 2. The lowest BCUT2D eigenvalue weighted by Gasteiger charge is -2.14. The molecule has 0 fully saturated rings. The summed E-state index contributed by atoms with van der Waals surface area (Å²) >= 11 is 0. The van der Waals surface area contributed by atoms with Crippen LogP contribution in [0.3, 0.4) is 0 Å². The summed E-state index contributed by atoms with van der Waals surface area (Å²) in [6, 6.07) is 15.5. The highest BCUT2D eigenvalue weighted by Crippen LogP contribution is 2.26. The van der Waals surface area contributed by atoms with E-state index in [1.165, 1.54) is 17.5 Å². The number of ether oxygens (including phenoxy) is 1. The van der Waals surface area contributed by atoms with Crippen LogP contribution in [0.15, 0.2) is 48.5 Å². The minimum absolute atomic E-state index is 0.0195. The molecule has 1 unspecified atom stereocenters. The van der Waals surface area contributed by atoms with E-state index in [1.54, 1.807) is 0 Å². The van der Waals surface area contributed by atoms with E-state index >= 15 is 0 Å². The molecule has 0 bridgehead atoms.